The van der Waals surface area contributed by atoms with Crippen LogP contribution in [0.4, 0.5) is 4.79 Å². The molecule has 0 aliphatic carbocycles. The van der Waals surface area contributed by atoms with Crippen LogP contribution in [0.25, 0.3) is 0 Å². The Morgan fingerprint density at radius 3 is 2.90 bits per heavy atom. The minimum atomic E-state index is -0.966. The molecule has 7 heteroatoms. The van der Waals surface area contributed by atoms with E-state index >= 15 is 0 Å². The van der Waals surface area contributed by atoms with Gasteiger partial charge in [0.2, 0.25) is 0 Å². The zero-order valence-corrected chi connectivity index (χ0v) is 12.5. The number of carbonyl (C=O) groups excluding carboxylic acids is 1. The van der Waals surface area contributed by atoms with Crippen LogP contribution in [0, 0.1) is 0 Å². The highest BCUT2D eigenvalue weighted by Crippen LogP contribution is 2.23. The first kappa shape index (κ1) is 15.7. The SMILES string of the molecule is CC(C)(C)OC(=O)N1CCOCC1C(O)c1cnccn1. The van der Waals surface area contributed by atoms with Gasteiger partial charge in [-0.1, -0.05) is 0 Å². The van der Waals surface area contributed by atoms with E-state index in [1.165, 1.54) is 23.5 Å². The third-order valence-electron chi connectivity index (χ3n) is 3.04. The quantitative estimate of drug-likeness (QED) is 0.881. The molecule has 2 rings (SSSR count). The van der Waals surface area contributed by atoms with Crippen LogP contribution in [0.1, 0.15) is 32.6 Å². The molecule has 2 heterocycles. The topological polar surface area (TPSA) is 84.8 Å². The Labute approximate surface area is 123 Å². The minimum absolute atomic E-state index is 0.233. The van der Waals surface area contributed by atoms with Crippen LogP contribution < -0.4 is 0 Å². The molecule has 1 amide bonds. The van der Waals surface area contributed by atoms with Crippen molar-refractivity contribution in [2.24, 2.45) is 0 Å². The second kappa shape index (κ2) is 6.36. The van der Waals surface area contributed by atoms with Gasteiger partial charge in [0.25, 0.3) is 0 Å². The van der Waals surface area contributed by atoms with E-state index in [9.17, 15) is 9.90 Å². The molecular weight excluding hydrogens is 274 g/mol. The molecular formula is C14H21N3O4. The summed E-state index contributed by atoms with van der Waals surface area (Å²) in [7, 11) is 0. The maximum Gasteiger partial charge on any atom is 0.410 e. The van der Waals surface area contributed by atoms with Crippen molar-refractivity contribution in [3.8, 4) is 0 Å². The summed E-state index contributed by atoms with van der Waals surface area (Å²) in [4.78, 5) is 21.8. The van der Waals surface area contributed by atoms with E-state index in [1.54, 1.807) is 20.8 Å². The van der Waals surface area contributed by atoms with Crippen molar-refractivity contribution in [1.29, 1.82) is 0 Å². The van der Waals surface area contributed by atoms with Crippen LogP contribution in [0.5, 0.6) is 0 Å². The van der Waals surface area contributed by atoms with Gasteiger partial charge in [-0.2, -0.15) is 0 Å². The van der Waals surface area contributed by atoms with Gasteiger partial charge in [-0.25, -0.2) is 4.79 Å². The highest BCUT2D eigenvalue weighted by atomic mass is 16.6. The van der Waals surface area contributed by atoms with Crippen LogP contribution in [-0.2, 0) is 9.47 Å². The molecule has 0 radical (unpaired) electrons. The Kier molecular flexibility index (Phi) is 4.74. The Morgan fingerprint density at radius 1 is 1.52 bits per heavy atom. The van der Waals surface area contributed by atoms with Gasteiger partial charge in [0, 0.05) is 18.9 Å². The zero-order valence-electron chi connectivity index (χ0n) is 12.5. The summed E-state index contributed by atoms with van der Waals surface area (Å²) in [5, 5.41) is 10.4. The van der Waals surface area contributed by atoms with Crippen LogP contribution in [0.3, 0.4) is 0 Å². The summed E-state index contributed by atoms with van der Waals surface area (Å²) < 4.78 is 10.8. The fraction of sp³-hybridized carbons (Fsp3) is 0.643. The molecule has 0 spiro atoms. The number of hydrogen-bond donors (Lipinski definition) is 1. The van der Waals surface area contributed by atoms with Crippen LogP contribution in [0.15, 0.2) is 18.6 Å². The average Bonchev–Trinajstić information content (AvgIpc) is 2.45. The van der Waals surface area contributed by atoms with Gasteiger partial charge >= 0.3 is 6.09 Å². The van der Waals surface area contributed by atoms with Crippen LogP contribution >= 0.6 is 0 Å². The molecule has 2 unspecified atom stereocenters. The lowest BCUT2D eigenvalue weighted by atomic mass is 10.1. The molecule has 0 saturated carbocycles. The number of rotatable bonds is 2. The molecule has 116 valence electrons. The molecule has 1 aromatic heterocycles. The number of morpholine rings is 1. The van der Waals surface area contributed by atoms with Gasteiger partial charge in [0.15, 0.2) is 0 Å². The average molecular weight is 295 g/mol. The second-order valence-corrected chi connectivity index (χ2v) is 5.89. The largest absolute Gasteiger partial charge is 0.444 e. The van der Waals surface area contributed by atoms with Gasteiger partial charge in [-0.3, -0.25) is 14.9 Å². The Balaban J connectivity index is 2.13. The lowest BCUT2D eigenvalue weighted by Gasteiger charge is -2.38. The number of hydrogen-bond acceptors (Lipinski definition) is 6. The monoisotopic (exact) mass is 295 g/mol. The number of carbonyl (C=O) groups is 1. The lowest BCUT2D eigenvalue weighted by Crippen LogP contribution is -2.52. The summed E-state index contributed by atoms with van der Waals surface area (Å²) in [6.07, 6.45) is 3.08. The van der Waals surface area contributed by atoms with Gasteiger partial charge in [0.1, 0.15) is 11.7 Å². The van der Waals surface area contributed by atoms with E-state index in [0.29, 0.717) is 18.8 Å². The maximum atomic E-state index is 12.3. The third kappa shape index (κ3) is 4.12. The van der Waals surface area contributed by atoms with Gasteiger partial charge < -0.3 is 14.6 Å². The molecule has 0 aromatic carbocycles. The first-order valence-electron chi connectivity index (χ1n) is 6.90. The number of aliphatic hydroxyl groups excluding tert-OH is 1. The highest BCUT2D eigenvalue weighted by molar-refractivity contribution is 5.68. The molecule has 2 atom stereocenters. The van der Waals surface area contributed by atoms with Crippen molar-refractivity contribution in [2.75, 3.05) is 19.8 Å². The van der Waals surface area contributed by atoms with E-state index < -0.39 is 23.8 Å². The first-order valence-corrected chi connectivity index (χ1v) is 6.90. The fourth-order valence-corrected chi connectivity index (χ4v) is 2.09. The van der Waals surface area contributed by atoms with Crippen molar-refractivity contribution in [3.05, 3.63) is 24.3 Å². The maximum absolute atomic E-state index is 12.3. The van der Waals surface area contributed by atoms with Crippen molar-refractivity contribution in [1.82, 2.24) is 14.9 Å². The van der Waals surface area contributed by atoms with E-state index in [4.69, 9.17) is 9.47 Å². The summed E-state index contributed by atoms with van der Waals surface area (Å²) in [6.45, 7) is 6.44. The zero-order chi connectivity index (χ0) is 15.5. The van der Waals surface area contributed by atoms with Gasteiger partial charge in [-0.15, -0.1) is 0 Å². The molecule has 1 aliphatic rings. The molecule has 1 saturated heterocycles. The van der Waals surface area contributed by atoms with E-state index in [0.717, 1.165) is 0 Å². The smallest absolute Gasteiger partial charge is 0.410 e. The van der Waals surface area contributed by atoms with E-state index in [1.807, 2.05) is 0 Å². The Morgan fingerprint density at radius 2 is 2.29 bits per heavy atom. The normalized spacial score (nSPS) is 21.0. The van der Waals surface area contributed by atoms with Crippen molar-refractivity contribution >= 4 is 6.09 Å². The number of ether oxygens (including phenoxy) is 2. The van der Waals surface area contributed by atoms with Crippen molar-refractivity contribution < 1.29 is 19.4 Å². The second-order valence-electron chi connectivity index (χ2n) is 5.89. The van der Waals surface area contributed by atoms with Crippen LogP contribution in [0.2, 0.25) is 0 Å². The van der Waals surface area contributed by atoms with Gasteiger partial charge in [0.05, 0.1) is 31.1 Å². The summed E-state index contributed by atoms with van der Waals surface area (Å²) in [6, 6.07) is -0.537. The van der Waals surface area contributed by atoms with E-state index in [2.05, 4.69) is 9.97 Å². The molecule has 1 fully saturated rings. The molecule has 1 aromatic rings. The predicted octanol–water partition coefficient (Wildman–Crippen LogP) is 1.15. The summed E-state index contributed by atoms with van der Waals surface area (Å²) >= 11 is 0. The molecule has 0 bridgehead atoms. The summed E-state index contributed by atoms with van der Waals surface area (Å²) in [5.41, 5.74) is -0.182. The minimum Gasteiger partial charge on any atom is -0.444 e. The standard InChI is InChI=1S/C14H21N3O4/c1-14(2,3)21-13(19)17-6-7-20-9-11(17)12(18)10-8-15-4-5-16-10/h4-5,8,11-12,18H,6-7,9H2,1-3H3. The molecule has 1 N–H and O–H groups in total. The number of aromatic nitrogens is 2. The Hall–Kier alpha value is -1.73. The van der Waals surface area contributed by atoms with Crippen molar-refractivity contribution in [2.45, 2.75) is 38.5 Å². The van der Waals surface area contributed by atoms with Crippen LogP contribution in [-0.4, -0.2) is 57.5 Å². The fourth-order valence-electron chi connectivity index (χ4n) is 2.09. The highest BCUT2D eigenvalue weighted by Gasteiger charge is 2.36. The molecule has 7 nitrogen and oxygen atoms in total. The predicted molar refractivity (Wildman–Crippen MR) is 74.5 cm³/mol. The summed E-state index contributed by atoms with van der Waals surface area (Å²) in [5.74, 6) is 0. The number of nitrogens with zero attached hydrogens (tertiary/aromatic N) is 3. The third-order valence-corrected chi connectivity index (χ3v) is 3.04. The van der Waals surface area contributed by atoms with E-state index in [-0.39, 0.29) is 6.61 Å². The van der Waals surface area contributed by atoms with Crippen molar-refractivity contribution in [3.63, 3.8) is 0 Å². The number of aliphatic hydroxyl groups is 1. The molecule has 1 aliphatic heterocycles. The first-order chi connectivity index (χ1) is 9.88. The molecule has 21 heavy (non-hydrogen) atoms. The number of amides is 1. The Bertz CT molecular complexity index is 475. The van der Waals surface area contributed by atoms with Gasteiger partial charge in [-0.05, 0) is 20.8 Å². The lowest BCUT2D eigenvalue weighted by molar-refractivity contribution is -0.0681.